The largest absolute Gasteiger partial charge is 0.508 e. The number of benzene rings is 1. The first-order valence-corrected chi connectivity index (χ1v) is 11.9. The van der Waals surface area contributed by atoms with Crippen LogP contribution in [0.15, 0.2) is 42.6 Å². The zero-order valence-corrected chi connectivity index (χ0v) is 21.4. The summed E-state index contributed by atoms with van der Waals surface area (Å²) >= 11 is 0. The van der Waals surface area contributed by atoms with Crippen LogP contribution in [0.1, 0.15) is 34.2 Å². The Morgan fingerprint density at radius 3 is 2.64 bits per heavy atom. The van der Waals surface area contributed by atoms with E-state index >= 15 is 0 Å². The number of phenols is 1. The Kier molecular flexibility index (Phi) is 7.49. The van der Waals surface area contributed by atoms with E-state index in [0.717, 1.165) is 29.2 Å². The quantitative estimate of drug-likeness (QED) is 0.341. The molecule has 1 aromatic carbocycles. The number of aryl methyl sites for hydroxylation is 2. The molecule has 1 amide bonds. The predicted octanol–water partition coefficient (Wildman–Crippen LogP) is 4.17. The van der Waals surface area contributed by atoms with Gasteiger partial charge in [-0.15, -0.1) is 0 Å². The smallest absolute Gasteiger partial charge is 0.254 e. The number of aromatic nitrogens is 4. The zero-order valence-electron chi connectivity index (χ0n) is 21.4. The van der Waals surface area contributed by atoms with Gasteiger partial charge < -0.3 is 20.1 Å². The topological polar surface area (TPSA) is 105 Å². The number of pyridine rings is 2. The first-order valence-electron chi connectivity index (χ1n) is 11.9. The maximum atomic E-state index is 13.7. The van der Waals surface area contributed by atoms with Gasteiger partial charge in [0.05, 0.1) is 46.7 Å². The number of rotatable bonds is 9. The van der Waals surface area contributed by atoms with E-state index in [2.05, 4.69) is 10.4 Å². The van der Waals surface area contributed by atoms with Crippen molar-refractivity contribution in [3.05, 3.63) is 65.1 Å². The summed E-state index contributed by atoms with van der Waals surface area (Å²) in [5.41, 5.74) is 6.08. The Hall–Kier alpha value is -3.98. The van der Waals surface area contributed by atoms with Gasteiger partial charge in [0.15, 0.2) is 0 Å². The third-order valence-electron chi connectivity index (χ3n) is 6.25. The second-order valence-electron chi connectivity index (χ2n) is 8.74. The second kappa shape index (κ2) is 10.7. The maximum absolute atomic E-state index is 13.7. The van der Waals surface area contributed by atoms with E-state index in [0.29, 0.717) is 47.6 Å². The van der Waals surface area contributed by atoms with E-state index in [9.17, 15) is 9.90 Å². The Morgan fingerprint density at radius 2 is 1.94 bits per heavy atom. The number of hydrogen-bond acceptors (Lipinski definition) is 7. The summed E-state index contributed by atoms with van der Waals surface area (Å²) < 4.78 is 7.01. The lowest BCUT2D eigenvalue weighted by Crippen LogP contribution is -2.26. The maximum Gasteiger partial charge on any atom is 0.254 e. The summed E-state index contributed by atoms with van der Waals surface area (Å²) in [4.78, 5) is 24.8. The van der Waals surface area contributed by atoms with Gasteiger partial charge >= 0.3 is 0 Å². The molecule has 0 bridgehead atoms. The molecule has 188 valence electrons. The highest BCUT2D eigenvalue weighted by Gasteiger charge is 2.20. The normalized spacial score (nSPS) is 11.1. The molecule has 0 radical (unpaired) electrons. The molecule has 4 aromatic rings. The molecule has 2 N–H and O–H groups in total. The lowest BCUT2D eigenvalue weighted by molar-refractivity contribution is 0.0787. The van der Waals surface area contributed by atoms with Gasteiger partial charge in [-0.3, -0.25) is 9.48 Å². The highest BCUT2D eigenvalue weighted by atomic mass is 16.5. The van der Waals surface area contributed by atoms with E-state index in [1.165, 1.54) is 0 Å². The molecule has 0 atom stereocenters. The molecule has 0 aliphatic carbocycles. The Labute approximate surface area is 210 Å². The van der Waals surface area contributed by atoms with E-state index in [1.807, 2.05) is 37.6 Å². The van der Waals surface area contributed by atoms with Crippen LogP contribution in [0.2, 0.25) is 0 Å². The molecule has 0 aliphatic rings. The fraction of sp³-hybridized carbons (Fsp3) is 0.333. The molecule has 4 rings (SSSR count). The molecule has 3 aromatic heterocycles. The summed E-state index contributed by atoms with van der Waals surface area (Å²) in [6, 6.07) is 10.5. The number of ether oxygens (including phenoxy) is 1. The molecular formula is C27H32N6O3. The minimum Gasteiger partial charge on any atom is -0.508 e. The van der Waals surface area contributed by atoms with Crippen LogP contribution < -0.4 is 5.32 Å². The number of phenolic OH excluding ortho intramolecular Hbond substituents is 1. The van der Waals surface area contributed by atoms with Crippen molar-refractivity contribution in [3.63, 3.8) is 0 Å². The van der Waals surface area contributed by atoms with E-state index in [4.69, 9.17) is 14.7 Å². The molecule has 0 unspecified atom stereocenters. The molecule has 3 heterocycles. The molecule has 0 fully saturated rings. The number of nitrogens with one attached hydrogen (secondary N) is 1. The average Bonchev–Trinajstić information content (AvgIpc) is 3.22. The van der Waals surface area contributed by atoms with Gasteiger partial charge in [-0.25, -0.2) is 9.97 Å². The van der Waals surface area contributed by atoms with Crippen molar-refractivity contribution >= 4 is 22.5 Å². The average molecular weight is 489 g/mol. The molecule has 9 nitrogen and oxygen atoms in total. The first-order chi connectivity index (χ1) is 17.3. The van der Waals surface area contributed by atoms with Crippen molar-refractivity contribution in [1.29, 1.82) is 0 Å². The third-order valence-corrected chi connectivity index (χ3v) is 6.25. The number of hydrogen-bond donors (Lipinski definition) is 2. The molecule has 9 heteroatoms. The van der Waals surface area contributed by atoms with Crippen LogP contribution in [0.25, 0.3) is 22.3 Å². The van der Waals surface area contributed by atoms with E-state index in [1.54, 1.807) is 49.5 Å². The fourth-order valence-electron chi connectivity index (χ4n) is 4.19. The Bertz CT molecular complexity index is 1400. The highest BCUT2D eigenvalue weighted by Crippen LogP contribution is 2.29. The third kappa shape index (κ3) is 5.16. The van der Waals surface area contributed by atoms with Gasteiger partial charge in [0.2, 0.25) is 0 Å². The monoisotopic (exact) mass is 488 g/mol. The summed E-state index contributed by atoms with van der Waals surface area (Å²) in [6.45, 7) is 8.43. The minimum atomic E-state index is -0.174. The van der Waals surface area contributed by atoms with Gasteiger partial charge in [-0.05, 0) is 57.2 Å². The fourth-order valence-corrected chi connectivity index (χ4v) is 4.19. The minimum absolute atomic E-state index is 0.0780. The number of aromatic hydroxyl groups is 1. The second-order valence-corrected chi connectivity index (χ2v) is 8.74. The first kappa shape index (κ1) is 25.1. The standard InChI is InChI=1S/C27H32N6O3/c1-6-33-18(3)19(15-29-33)16-32(4)27(35)22-14-26(31-24-8-7-20(34)13-21(22)24)25-10-9-23(17(2)30-25)28-11-12-36-5/h7-10,13-15,28,34H,6,11-12,16H2,1-5H3. The summed E-state index contributed by atoms with van der Waals surface area (Å²) in [6.07, 6.45) is 1.81. The Morgan fingerprint density at radius 1 is 1.14 bits per heavy atom. The van der Waals surface area contributed by atoms with Crippen molar-refractivity contribution in [1.82, 2.24) is 24.6 Å². The SMILES string of the molecule is CCn1ncc(CN(C)C(=O)c2cc(-c3ccc(NCCOC)c(C)n3)nc3ccc(O)cc23)c1C. The lowest BCUT2D eigenvalue weighted by atomic mass is 10.0. The van der Waals surface area contributed by atoms with Crippen molar-refractivity contribution in [2.24, 2.45) is 0 Å². The van der Waals surface area contributed by atoms with Gasteiger partial charge in [0, 0.05) is 50.4 Å². The number of nitrogens with zero attached hydrogens (tertiary/aromatic N) is 5. The Balaban J connectivity index is 1.71. The number of carbonyl (C=O) groups is 1. The molecule has 0 aliphatic heterocycles. The summed E-state index contributed by atoms with van der Waals surface area (Å²) in [7, 11) is 3.43. The summed E-state index contributed by atoms with van der Waals surface area (Å²) in [5.74, 6) is -0.0956. The van der Waals surface area contributed by atoms with Crippen molar-refractivity contribution < 1.29 is 14.6 Å². The van der Waals surface area contributed by atoms with Gasteiger partial charge in [-0.2, -0.15) is 5.10 Å². The number of methoxy groups -OCH3 is 1. The van der Waals surface area contributed by atoms with Crippen LogP contribution >= 0.6 is 0 Å². The molecular weight excluding hydrogens is 456 g/mol. The molecule has 0 spiro atoms. The zero-order chi connectivity index (χ0) is 25.8. The van der Waals surface area contributed by atoms with Gasteiger partial charge in [0.25, 0.3) is 5.91 Å². The van der Waals surface area contributed by atoms with Gasteiger partial charge in [-0.1, -0.05) is 0 Å². The number of fused-ring (bicyclic) bond motifs is 1. The van der Waals surface area contributed by atoms with Crippen molar-refractivity contribution in [3.8, 4) is 17.1 Å². The van der Waals surface area contributed by atoms with Crippen molar-refractivity contribution in [2.75, 3.05) is 32.6 Å². The highest BCUT2D eigenvalue weighted by molar-refractivity contribution is 6.07. The summed E-state index contributed by atoms with van der Waals surface area (Å²) in [5, 5.41) is 18.4. The molecule has 0 saturated heterocycles. The van der Waals surface area contributed by atoms with Crippen LogP contribution in [-0.2, 0) is 17.8 Å². The number of amides is 1. The van der Waals surface area contributed by atoms with Crippen molar-refractivity contribution in [2.45, 2.75) is 33.9 Å². The van der Waals surface area contributed by atoms with Crippen LogP contribution in [0.4, 0.5) is 5.69 Å². The van der Waals surface area contributed by atoms with Crippen LogP contribution in [-0.4, -0.2) is 63.0 Å². The predicted molar refractivity (Wildman–Crippen MR) is 140 cm³/mol. The van der Waals surface area contributed by atoms with Crippen LogP contribution in [0, 0.1) is 13.8 Å². The van der Waals surface area contributed by atoms with E-state index < -0.39 is 0 Å². The number of anilines is 1. The number of carbonyl (C=O) groups excluding carboxylic acids is 1. The van der Waals surface area contributed by atoms with Crippen LogP contribution in [0.5, 0.6) is 5.75 Å². The molecule has 0 saturated carbocycles. The molecule has 36 heavy (non-hydrogen) atoms. The lowest BCUT2D eigenvalue weighted by Gasteiger charge is -2.19. The van der Waals surface area contributed by atoms with E-state index in [-0.39, 0.29) is 11.7 Å². The van der Waals surface area contributed by atoms with Gasteiger partial charge in [0.1, 0.15) is 5.75 Å². The van der Waals surface area contributed by atoms with Crippen LogP contribution in [0.3, 0.4) is 0 Å².